The maximum Gasteiger partial charge on any atom is 0.332 e. The summed E-state index contributed by atoms with van der Waals surface area (Å²) in [7, 11) is 3.10. The molecular formula is C13H17N5O2. The van der Waals surface area contributed by atoms with Crippen molar-refractivity contribution in [2.45, 2.75) is 31.7 Å². The summed E-state index contributed by atoms with van der Waals surface area (Å²) in [5.41, 5.74) is -0.0433. The van der Waals surface area contributed by atoms with Gasteiger partial charge in [0.1, 0.15) is 0 Å². The summed E-state index contributed by atoms with van der Waals surface area (Å²) in [6.45, 7) is 0. The van der Waals surface area contributed by atoms with Gasteiger partial charge in [-0.25, -0.2) is 4.79 Å². The second-order valence-corrected chi connectivity index (χ2v) is 6.14. The molecule has 2 saturated carbocycles. The first-order valence-electron chi connectivity index (χ1n) is 7.09. The largest absolute Gasteiger partial charge is 0.332 e. The predicted molar refractivity (Wildman–Crippen MR) is 72.5 cm³/mol. The van der Waals surface area contributed by atoms with E-state index in [1.54, 1.807) is 11.8 Å². The van der Waals surface area contributed by atoms with Gasteiger partial charge in [0.2, 0.25) is 0 Å². The van der Waals surface area contributed by atoms with E-state index in [1.807, 2.05) is 0 Å². The number of hydrogen-bond acceptors (Lipinski definition) is 4. The van der Waals surface area contributed by atoms with Gasteiger partial charge in [-0.15, -0.1) is 10.2 Å². The molecule has 2 aromatic heterocycles. The highest BCUT2D eigenvalue weighted by atomic mass is 16.2. The SMILES string of the molecule is Cn1c(=O)c2nn([C@H]3C[C@H]4CC[C@@H]3C4)nc2n(C)c1=O. The molecule has 2 heterocycles. The van der Waals surface area contributed by atoms with Gasteiger partial charge in [-0.2, -0.15) is 4.80 Å². The maximum absolute atomic E-state index is 12.1. The molecule has 20 heavy (non-hydrogen) atoms. The molecule has 2 aliphatic rings. The zero-order valence-electron chi connectivity index (χ0n) is 11.6. The van der Waals surface area contributed by atoms with Gasteiger partial charge in [0, 0.05) is 14.1 Å². The molecule has 2 aliphatic carbocycles. The van der Waals surface area contributed by atoms with Gasteiger partial charge in [-0.1, -0.05) is 6.42 Å². The number of hydrogen-bond donors (Lipinski definition) is 0. The summed E-state index contributed by atoms with van der Waals surface area (Å²) in [5.74, 6) is 1.41. The molecule has 0 spiro atoms. The van der Waals surface area contributed by atoms with Crippen LogP contribution in [0.2, 0.25) is 0 Å². The van der Waals surface area contributed by atoms with Crippen LogP contribution in [-0.2, 0) is 14.1 Å². The molecule has 7 heteroatoms. The Morgan fingerprint density at radius 2 is 1.85 bits per heavy atom. The summed E-state index contributed by atoms with van der Waals surface area (Å²) >= 11 is 0. The van der Waals surface area contributed by atoms with Gasteiger partial charge in [0.05, 0.1) is 6.04 Å². The molecular weight excluding hydrogens is 258 g/mol. The molecule has 0 amide bonds. The van der Waals surface area contributed by atoms with Crippen molar-refractivity contribution < 1.29 is 0 Å². The Balaban J connectivity index is 1.92. The van der Waals surface area contributed by atoms with E-state index < -0.39 is 0 Å². The minimum Gasteiger partial charge on any atom is -0.278 e. The first-order chi connectivity index (χ1) is 9.56. The van der Waals surface area contributed by atoms with Crippen LogP contribution in [0.25, 0.3) is 11.2 Å². The van der Waals surface area contributed by atoms with Gasteiger partial charge in [0.25, 0.3) is 5.56 Å². The lowest BCUT2D eigenvalue weighted by molar-refractivity contribution is 0.282. The van der Waals surface area contributed by atoms with Gasteiger partial charge in [-0.3, -0.25) is 13.9 Å². The Labute approximate surface area is 114 Å². The fourth-order valence-electron chi connectivity index (χ4n) is 3.88. The third kappa shape index (κ3) is 1.40. The molecule has 2 bridgehead atoms. The fourth-order valence-corrected chi connectivity index (χ4v) is 3.88. The van der Waals surface area contributed by atoms with Crippen LogP contribution < -0.4 is 11.2 Å². The summed E-state index contributed by atoms with van der Waals surface area (Å²) in [6.07, 6.45) is 4.88. The summed E-state index contributed by atoms with van der Waals surface area (Å²) in [4.78, 5) is 25.7. The van der Waals surface area contributed by atoms with E-state index >= 15 is 0 Å². The lowest BCUT2D eigenvalue weighted by Crippen LogP contribution is -2.36. The van der Waals surface area contributed by atoms with E-state index in [0.717, 1.165) is 16.9 Å². The average Bonchev–Trinajstić information content (AvgIpc) is 3.15. The molecule has 0 aliphatic heterocycles. The van der Waals surface area contributed by atoms with Crippen molar-refractivity contribution in [1.29, 1.82) is 0 Å². The monoisotopic (exact) mass is 275 g/mol. The topological polar surface area (TPSA) is 74.7 Å². The molecule has 0 N–H and O–H groups in total. The lowest BCUT2D eigenvalue weighted by atomic mass is 9.96. The maximum atomic E-state index is 12.1. The van der Waals surface area contributed by atoms with Crippen molar-refractivity contribution in [2.75, 3.05) is 0 Å². The van der Waals surface area contributed by atoms with Gasteiger partial charge in [0.15, 0.2) is 11.2 Å². The van der Waals surface area contributed by atoms with Crippen LogP contribution in [0.1, 0.15) is 31.7 Å². The molecule has 0 unspecified atom stereocenters. The van der Waals surface area contributed by atoms with E-state index in [4.69, 9.17) is 0 Å². The van der Waals surface area contributed by atoms with Crippen LogP contribution in [-0.4, -0.2) is 24.1 Å². The van der Waals surface area contributed by atoms with Crippen LogP contribution in [0.15, 0.2) is 9.59 Å². The Bertz CT molecular complexity index is 815. The van der Waals surface area contributed by atoms with E-state index in [1.165, 1.54) is 30.9 Å². The molecule has 0 saturated heterocycles. The molecule has 2 aromatic rings. The molecule has 2 fully saturated rings. The molecule has 106 valence electrons. The Kier molecular flexibility index (Phi) is 2.26. The third-order valence-corrected chi connectivity index (χ3v) is 5.01. The number of rotatable bonds is 1. The molecule has 0 aromatic carbocycles. The number of aryl methyl sites for hydroxylation is 1. The number of nitrogens with zero attached hydrogens (tertiary/aromatic N) is 5. The van der Waals surface area contributed by atoms with Crippen molar-refractivity contribution >= 4 is 11.2 Å². The second kappa shape index (κ2) is 3.80. The third-order valence-electron chi connectivity index (χ3n) is 5.01. The Hall–Kier alpha value is -1.92. The highest BCUT2D eigenvalue weighted by molar-refractivity contribution is 5.67. The Morgan fingerprint density at radius 3 is 2.50 bits per heavy atom. The smallest absolute Gasteiger partial charge is 0.278 e. The number of fused-ring (bicyclic) bond motifs is 3. The van der Waals surface area contributed by atoms with Gasteiger partial charge >= 0.3 is 5.69 Å². The van der Waals surface area contributed by atoms with Crippen molar-refractivity contribution in [1.82, 2.24) is 24.1 Å². The van der Waals surface area contributed by atoms with Gasteiger partial charge in [-0.05, 0) is 31.1 Å². The average molecular weight is 275 g/mol. The molecule has 7 nitrogen and oxygen atoms in total. The van der Waals surface area contributed by atoms with E-state index in [9.17, 15) is 9.59 Å². The predicted octanol–water partition coefficient (Wildman–Crippen LogP) is 0.190. The lowest BCUT2D eigenvalue weighted by Gasteiger charge is -2.20. The van der Waals surface area contributed by atoms with Gasteiger partial charge < -0.3 is 0 Å². The van der Waals surface area contributed by atoms with Crippen molar-refractivity contribution in [3.05, 3.63) is 20.8 Å². The van der Waals surface area contributed by atoms with Crippen molar-refractivity contribution in [3.63, 3.8) is 0 Å². The minimum absolute atomic E-state index is 0.289. The normalized spacial score (nSPS) is 28.6. The first-order valence-corrected chi connectivity index (χ1v) is 7.09. The zero-order valence-corrected chi connectivity index (χ0v) is 11.6. The fraction of sp³-hybridized carbons (Fsp3) is 0.692. The quantitative estimate of drug-likeness (QED) is 0.744. The first kappa shape index (κ1) is 11.9. The van der Waals surface area contributed by atoms with Crippen LogP contribution >= 0.6 is 0 Å². The summed E-state index contributed by atoms with van der Waals surface area (Å²) in [5, 5.41) is 8.82. The van der Waals surface area contributed by atoms with Crippen LogP contribution in [0.4, 0.5) is 0 Å². The molecule has 3 atom stereocenters. The standard InChI is InChI=1S/C13H17N5O2/c1-16-11-10(12(19)17(2)13(16)20)14-18(15-11)9-6-7-3-4-8(9)5-7/h7-9H,3-6H2,1-2H3/t7-,8+,9-/m0/s1. The van der Waals surface area contributed by atoms with Crippen molar-refractivity contribution in [2.24, 2.45) is 25.9 Å². The highest BCUT2D eigenvalue weighted by Gasteiger charge is 2.41. The van der Waals surface area contributed by atoms with Crippen LogP contribution in [0, 0.1) is 11.8 Å². The second-order valence-electron chi connectivity index (χ2n) is 6.14. The number of aromatic nitrogens is 5. The van der Waals surface area contributed by atoms with Crippen LogP contribution in [0.5, 0.6) is 0 Å². The summed E-state index contributed by atoms with van der Waals surface area (Å²) < 4.78 is 2.48. The Morgan fingerprint density at radius 1 is 1.05 bits per heavy atom. The van der Waals surface area contributed by atoms with E-state index in [-0.39, 0.29) is 16.8 Å². The molecule has 4 rings (SSSR count). The summed E-state index contributed by atoms with van der Waals surface area (Å²) in [6, 6.07) is 0.293. The molecule has 0 radical (unpaired) electrons. The highest BCUT2D eigenvalue weighted by Crippen LogP contribution is 2.50. The minimum atomic E-state index is -0.363. The van der Waals surface area contributed by atoms with E-state index in [2.05, 4.69) is 10.2 Å². The van der Waals surface area contributed by atoms with E-state index in [0.29, 0.717) is 17.6 Å². The van der Waals surface area contributed by atoms with Crippen molar-refractivity contribution in [3.8, 4) is 0 Å². The zero-order chi connectivity index (χ0) is 14.0. The van der Waals surface area contributed by atoms with Crippen LogP contribution in [0.3, 0.4) is 0 Å².